The Morgan fingerprint density at radius 1 is 1.17 bits per heavy atom. The third kappa shape index (κ3) is 3.38. The van der Waals surface area contributed by atoms with E-state index in [1.807, 2.05) is 24.4 Å². The Hall–Kier alpha value is -3.53. The average molecular weight is 410 g/mol. The molecule has 0 aliphatic rings. The van der Waals surface area contributed by atoms with E-state index in [4.69, 9.17) is 0 Å². The number of aromatic nitrogens is 5. The van der Waals surface area contributed by atoms with Crippen LogP contribution in [-0.2, 0) is 25.4 Å². The third-order valence-electron chi connectivity index (χ3n) is 4.59. The molecule has 0 spiro atoms. The Morgan fingerprint density at radius 3 is 2.55 bits per heavy atom. The number of rotatable bonds is 4. The fourth-order valence-corrected chi connectivity index (χ4v) is 3.72. The number of nitrogens with one attached hydrogen (secondary N) is 1. The van der Waals surface area contributed by atoms with Crippen molar-refractivity contribution in [2.24, 2.45) is 14.1 Å². The lowest BCUT2D eigenvalue weighted by Gasteiger charge is -2.09. The van der Waals surface area contributed by atoms with Crippen LogP contribution in [0.25, 0.3) is 22.4 Å². The van der Waals surface area contributed by atoms with Crippen LogP contribution in [0.2, 0.25) is 0 Å². The van der Waals surface area contributed by atoms with Crippen LogP contribution in [-0.4, -0.2) is 29.6 Å². The van der Waals surface area contributed by atoms with Gasteiger partial charge in [-0.2, -0.15) is 0 Å². The van der Waals surface area contributed by atoms with Gasteiger partial charge in [0.1, 0.15) is 6.54 Å². The molecule has 0 aliphatic carbocycles. The molecule has 0 saturated heterocycles. The molecule has 29 heavy (non-hydrogen) atoms. The fraction of sp³-hybridized carbons (Fsp3) is 0.211. The average Bonchev–Trinajstić information content (AvgIpc) is 3.30. The first-order valence-corrected chi connectivity index (χ1v) is 9.66. The lowest BCUT2D eigenvalue weighted by Crippen LogP contribution is -2.42. The highest BCUT2D eigenvalue weighted by atomic mass is 32.1. The smallest absolute Gasteiger partial charge is 0.328 e. The standard InChI is InChI=1S/C19H18N6O3S/c1-11-21-14(9-29-11)12-4-6-13(7-5-12)22-15(26)8-25-18(27)16-17(20-10-23(16)2)24(3)19(25)28/h4-7,9-10H,8H2,1-3H3,(H,22,26). The van der Waals surface area contributed by atoms with Crippen molar-refractivity contribution >= 4 is 34.1 Å². The Labute approximate surface area is 168 Å². The van der Waals surface area contributed by atoms with Crippen LogP contribution >= 0.6 is 11.3 Å². The number of anilines is 1. The van der Waals surface area contributed by atoms with Gasteiger partial charge in [-0.15, -0.1) is 11.3 Å². The summed E-state index contributed by atoms with van der Waals surface area (Å²) in [6.45, 7) is 1.55. The molecule has 1 amide bonds. The number of aryl methyl sites for hydroxylation is 3. The number of amides is 1. The second-order valence-corrected chi connectivity index (χ2v) is 7.70. The molecular formula is C19H18N6O3S. The molecular weight excluding hydrogens is 392 g/mol. The Morgan fingerprint density at radius 2 is 1.90 bits per heavy atom. The Kier molecular flexibility index (Phi) is 4.63. The Balaban J connectivity index is 1.57. The highest BCUT2D eigenvalue weighted by Gasteiger charge is 2.17. The minimum Gasteiger partial charge on any atom is -0.328 e. The molecule has 3 aromatic heterocycles. The van der Waals surface area contributed by atoms with E-state index in [9.17, 15) is 14.4 Å². The summed E-state index contributed by atoms with van der Waals surface area (Å²) in [4.78, 5) is 46.1. The number of carbonyl (C=O) groups excluding carboxylic acids is 1. The molecule has 4 aromatic rings. The van der Waals surface area contributed by atoms with E-state index in [-0.39, 0.29) is 17.7 Å². The summed E-state index contributed by atoms with van der Waals surface area (Å²) in [6, 6.07) is 7.23. The summed E-state index contributed by atoms with van der Waals surface area (Å²) in [5.41, 5.74) is 1.80. The summed E-state index contributed by atoms with van der Waals surface area (Å²) in [5, 5.41) is 5.67. The highest BCUT2D eigenvalue weighted by molar-refractivity contribution is 7.09. The van der Waals surface area contributed by atoms with Gasteiger partial charge in [-0.1, -0.05) is 12.1 Å². The maximum Gasteiger partial charge on any atom is 0.332 e. The van der Waals surface area contributed by atoms with Crippen LogP contribution in [0.1, 0.15) is 5.01 Å². The summed E-state index contributed by atoms with van der Waals surface area (Å²) in [6.07, 6.45) is 1.46. The van der Waals surface area contributed by atoms with Crippen molar-refractivity contribution in [3.63, 3.8) is 0 Å². The van der Waals surface area contributed by atoms with Gasteiger partial charge >= 0.3 is 5.69 Å². The molecule has 4 rings (SSSR count). The molecule has 0 unspecified atom stereocenters. The minimum atomic E-state index is -0.592. The monoisotopic (exact) mass is 410 g/mol. The van der Waals surface area contributed by atoms with Crippen LogP contribution in [0.15, 0.2) is 45.6 Å². The fourth-order valence-electron chi connectivity index (χ4n) is 3.10. The number of benzene rings is 1. The molecule has 1 N–H and O–H groups in total. The molecule has 1 aromatic carbocycles. The SMILES string of the molecule is Cc1nc(-c2ccc(NC(=O)Cn3c(=O)c4c(ncn4C)n(C)c3=O)cc2)cs1. The van der Waals surface area contributed by atoms with Gasteiger partial charge in [-0.25, -0.2) is 19.3 Å². The van der Waals surface area contributed by atoms with E-state index >= 15 is 0 Å². The third-order valence-corrected chi connectivity index (χ3v) is 5.36. The molecule has 0 atom stereocenters. The number of carbonyl (C=O) groups is 1. The van der Waals surface area contributed by atoms with Crippen LogP contribution in [0.5, 0.6) is 0 Å². The predicted molar refractivity (Wildman–Crippen MR) is 111 cm³/mol. The lowest BCUT2D eigenvalue weighted by atomic mass is 10.1. The second kappa shape index (κ2) is 7.13. The molecule has 0 radical (unpaired) electrons. The number of nitrogens with zero attached hydrogens (tertiary/aromatic N) is 5. The summed E-state index contributed by atoms with van der Waals surface area (Å²) in [5.74, 6) is -0.469. The zero-order chi connectivity index (χ0) is 20.7. The topological polar surface area (TPSA) is 104 Å². The maximum absolute atomic E-state index is 12.7. The Bertz CT molecular complexity index is 1340. The van der Waals surface area contributed by atoms with Gasteiger partial charge in [0, 0.05) is 30.7 Å². The van der Waals surface area contributed by atoms with Gasteiger partial charge in [0.25, 0.3) is 5.56 Å². The summed E-state index contributed by atoms with van der Waals surface area (Å²) >= 11 is 1.57. The zero-order valence-electron chi connectivity index (χ0n) is 16.0. The van der Waals surface area contributed by atoms with Crippen molar-refractivity contribution in [1.82, 2.24) is 23.7 Å². The van der Waals surface area contributed by atoms with E-state index < -0.39 is 17.2 Å². The van der Waals surface area contributed by atoms with Crippen LogP contribution < -0.4 is 16.6 Å². The minimum absolute atomic E-state index is 0.266. The molecule has 3 heterocycles. The molecule has 9 nitrogen and oxygen atoms in total. The van der Waals surface area contributed by atoms with Crippen LogP contribution in [0.3, 0.4) is 0 Å². The van der Waals surface area contributed by atoms with E-state index in [2.05, 4.69) is 15.3 Å². The van der Waals surface area contributed by atoms with Gasteiger partial charge in [-0.3, -0.25) is 14.2 Å². The summed E-state index contributed by atoms with van der Waals surface area (Å²) in [7, 11) is 3.18. The lowest BCUT2D eigenvalue weighted by molar-refractivity contribution is -0.116. The highest BCUT2D eigenvalue weighted by Crippen LogP contribution is 2.23. The number of hydrogen-bond acceptors (Lipinski definition) is 6. The van der Waals surface area contributed by atoms with Gasteiger partial charge in [-0.05, 0) is 19.1 Å². The van der Waals surface area contributed by atoms with Crippen molar-refractivity contribution in [1.29, 1.82) is 0 Å². The predicted octanol–water partition coefficient (Wildman–Crippen LogP) is 1.50. The number of hydrogen-bond donors (Lipinski definition) is 1. The molecule has 0 aliphatic heterocycles. The van der Waals surface area contributed by atoms with Crippen molar-refractivity contribution in [2.75, 3.05) is 5.32 Å². The first-order valence-electron chi connectivity index (χ1n) is 8.78. The maximum atomic E-state index is 12.7. The molecule has 10 heteroatoms. The van der Waals surface area contributed by atoms with Crippen molar-refractivity contribution in [3.8, 4) is 11.3 Å². The van der Waals surface area contributed by atoms with Gasteiger partial charge in [0.2, 0.25) is 5.91 Å². The number of thiazole rings is 1. The largest absolute Gasteiger partial charge is 0.332 e. The molecule has 0 bridgehead atoms. The van der Waals surface area contributed by atoms with E-state index in [1.165, 1.54) is 22.5 Å². The van der Waals surface area contributed by atoms with Crippen molar-refractivity contribution in [3.05, 3.63) is 61.8 Å². The quantitative estimate of drug-likeness (QED) is 0.549. The molecule has 0 saturated carbocycles. The van der Waals surface area contributed by atoms with Crippen molar-refractivity contribution in [2.45, 2.75) is 13.5 Å². The first-order chi connectivity index (χ1) is 13.8. The number of fused-ring (bicyclic) bond motifs is 1. The zero-order valence-corrected chi connectivity index (χ0v) is 16.9. The first kappa shape index (κ1) is 18.8. The van der Waals surface area contributed by atoms with Crippen LogP contribution in [0.4, 0.5) is 5.69 Å². The molecule has 148 valence electrons. The summed E-state index contributed by atoms with van der Waals surface area (Å²) < 4.78 is 3.70. The van der Waals surface area contributed by atoms with E-state index in [0.29, 0.717) is 5.69 Å². The van der Waals surface area contributed by atoms with Crippen LogP contribution in [0, 0.1) is 6.92 Å². The number of imidazole rings is 1. The van der Waals surface area contributed by atoms with Gasteiger partial charge in [0.15, 0.2) is 11.2 Å². The van der Waals surface area contributed by atoms with Crippen molar-refractivity contribution < 1.29 is 4.79 Å². The normalized spacial score (nSPS) is 11.1. The molecule has 0 fully saturated rings. The van der Waals surface area contributed by atoms with E-state index in [0.717, 1.165) is 20.8 Å². The van der Waals surface area contributed by atoms with Gasteiger partial charge < -0.3 is 9.88 Å². The van der Waals surface area contributed by atoms with Gasteiger partial charge in [0.05, 0.1) is 17.0 Å². The second-order valence-electron chi connectivity index (χ2n) is 6.64. The van der Waals surface area contributed by atoms with E-state index in [1.54, 1.807) is 30.5 Å².